The Morgan fingerprint density at radius 2 is 1.79 bits per heavy atom. The van der Waals surface area contributed by atoms with Crippen molar-refractivity contribution in [2.75, 3.05) is 25.1 Å². The zero-order valence-corrected chi connectivity index (χ0v) is 16.1. The lowest BCUT2D eigenvalue weighted by molar-refractivity contribution is -0.145. The Labute approximate surface area is 168 Å². The van der Waals surface area contributed by atoms with Crippen LogP contribution in [0.2, 0.25) is 0 Å². The van der Waals surface area contributed by atoms with Crippen molar-refractivity contribution in [3.63, 3.8) is 0 Å². The molecule has 7 heteroatoms. The molecule has 0 spiro atoms. The molecule has 1 aliphatic heterocycles. The number of benzene rings is 2. The maximum absolute atomic E-state index is 12.1. The molecule has 1 heterocycles. The van der Waals surface area contributed by atoms with E-state index in [9.17, 15) is 14.4 Å². The number of hydrogen-bond donors (Lipinski definition) is 2. The van der Waals surface area contributed by atoms with E-state index in [0.29, 0.717) is 17.0 Å². The number of fused-ring (bicyclic) bond motifs is 1. The molecule has 0 bridgehead atoms. The standard InChI is InChI=1S/C22H22N2O5/c1-2-15-7-3-5-9-18(15)24-20(25)12-23-21(26)14-29-22(27)17-11-16-8-4-6-10-19(16)28-13-17/h3-11H,2,12-14H2,1H3,(H,23,26)(H,24,25). The summed E-state index contributed by atoms with van der Waals surface area (Å²) in [5.74, 6) is -0.853. The van der Waals surface area contributed by atoms with Crippen LogP contribution in [0.3, 0.4) is 0 Å². The van der Waals surface area contributed by atoms with Crippen LogP contribution in [0.15, 0.2) is 54.1 Å². The fourth-order valence-corrected chi connectivity index (χ4v) is 2.83. The molecule has 0 fully saturated rings. The number of carbonyl (C=O) groups excluding carboxylic acids is 3. The van der Waals surface area contributed by atoms with Crippen LogP contribution in [0.4, 0.5) is 5.69 Å². The number of para-hydroxylation sites is 2. The van der Waals surface area contributed by atoms with Gasteiger partial charge in [-0.2, -0.15) is 0 Å². The van der Waals surface area contributed by atoms with E-state index in [-0.39, 0.29) is 19.1 Å². The Balaban J connectivity index is 1.44. The lowest BCUT2D eigenvalue weighted by Gasteiger charge is -2.16. The van der Waals surface area contributed by atoms with Gasteiger partial charge in [0.25, 0.3) is 5.91 Å². The molecule has 2 aromatic carbocycles. The molecule has 3 rings (SSSR count). The number of carbonyl (C=O) groups is 3. The van der Waals surface area contributed by atoms with Crippen LogP contribution >= 0.6 is 0 Å². The first-order chi connectivity index (χ1) is 14.1. The average molecular weight is 394 g/mol. The lowest BCUT2D eigenvalue weighted by atomic mass is 10.1. The Hall–Kier alpha value is -3.61. The van der Waals surface area contributed by atoms with Gasteiger partial charge in [0.1, 0.15) is 12.4 Å². The first kappa shape index (κ1) is 20.1. The summed E-state index contributed by atoms with van der Waals surface area (Å²) in [7, 11) is 0. The predicted molar refractivity (Wildman–Crippen MR) is 108 cm³/mol. The summed E-state index contributed by atoms with van der Waals surface area (Å²) in [4.78, 5) is 36.1. The molecule has 7 nitrogen and oxygen atoms in total. The van der Waals surface area contributed by atoms with Gasteiger partial charge in [0.2, 0.25) is 5.91 Å². The second-order valence-corrected chi connectivity index (χ2v) is 6.41. The average Bonchev–Trinajstić information content (AvgIpc) is 2.76. The fraction of sp³-hybridized carbons (Fsp3) is 0.227. The van der Waals surface area contributed by atoms with Crippen LogP contribution in [0, 0.1) is 0 Å². The van der Waals surface area contributed by atoms with Gasteiger partial charge in [-0.1, -0.05) is 43.3 Å². The van der Waals surface area contributed by atoms with E-state index in [1.807, 2.05) is 49.4 Å². The third-order valence-corrected chi connectivity index (χ3v) is 4.35. The molecule has 29 heavy (non-hydrogen) atoms. The fourth-order valence-electron chi connectivity index (χ4n) is 2.83. The van der Waals surface area contributed by atoms with Gasteiger partial charge in [-0.3, -0.25) is 9.59 Å². The number of ether oxygens (including phenoxy) is 2. The molecule has 2 aromatic rings. The SMILES string of the molecule is CCc1ccccc1NC(=O)CNC(=O)COC(=O)C1=Cc2ccccc2OC1. The van der Waals surface area contributed by atoms with Crippen molar-refractivity contribution in [3.05, 3.63) is 65.2 Å². The van der Waals surface area contributed by atoms with E-state index < -0.39 is 18.5 Å². The molecule has 1 aliphatic rings. The van der Waals surface area contributed by atoms with Crippen molar-refractivity contribution in [3.8, 4) is 5.75 Å². The van der Waals surface area contributed by atoms with Crippen molar-refractivity contribution in [2.45, 2.75) is 13.3 Å². The largest absolute Gasteiger partial charge is 0.488 e. The third-order valence-electron chi connectivity index (χ3n) is 4.35. The molecule has 0 saturated carbocycles. The predicted octanol–water partition coefficient (Wildman–Crippen LogP) is 2.32. The summed E-state index contributed by atoms with van der Waals surface area (Å²) in [6.07, 6.45) is 2.46. The Morgan fingerprint density at radius 3 is 2.62 bits per heavy atom. The maximum atomic E-state index is 12.1. The molecule has 2 N–H and O–H groups in total. The molecule has 2 amide bonds. The first-order valence-corrected chi connectivity index (χ1v) is 9.30. The molecule has 0 saturated heterocycles. The lowest BCUT2D eigenvalue weighted by Crippen LogP contribution is -2.36. The van der Waals surface area contributed by atoms with E-state index in [1.54, 1.807) is 12.1 Å². The number of anilines is 1. The quantitative estimate of drug-likeness (QED) is 0.703. The summed E-state index contributed by atoms with van der Waals surface area (Å²) in [5.41, 5.74) is 2.82. The molecule has 0 unspecified atom stereocenters. The summed E-state index contributed by atoms with van der Waals surface area (Å²) >= 11 is 0. The summed E-state index contributed by atoms with van der Waals surface area (Å²) in [5, 5.41) is 5.19. The Kier molecular flexibility index (Phi) is 6.63. The molecule has 0 atom stereocenters. The van der Waals surface area contributed by atoms with Gasteiger partial charge < -0.3 is 20.1 Å². The third kappa shape index (κ3) is 5.44. The van der Waals surface area contributed by atoms with Crippen LogP contribution in [-0.4, -0.2) is 37.5 Å². The second kappa shape index (κ2) is 9.54. The summed E-state index contributed by atoms with van der Waals surface area (Å²) in [6, 6.07) is 14.8. The van der Waals surface area contributed by atoms with E-state index >= 15 is 0 Å². The minimum atomic E-state index is -0.629. The monoisotopic (exact) mass is 394 g/mol. The molecule has 0 radical (unpaired) electrons. The number of amides is 2. The van der Waals surface area contributed by atoms with E-state index in [2.05, 4.69) is 10.6 Å². The highest BCUT2D eigenvalue weighted by Crippen LogP contribution is 2.26. The second-order valence-electron chi connectivity index (χ2n) is 6.41. The molecular formula is C22H22N2O5. The van der Waals surface area contributed by atoms with Crippen LogP contribution in [-0.2, 0) is 25.5 Å². The Bertz CT molecular complexity index is 952. The highest BCUT2D eigenvalue weighted by molar-refractivity contribution is 5.97. The van der Waals surface area contributed by atoms with Gasteiger partial charge >= 0.3 is 5.97 Å². The van der Waals surface area contributed by atoms with Crippen molar-refractivity contribution >= 4 is 29.5 Å². The van der Waals surface area contributed by atoms with Crippen LogP contribution in [0.1, 0.15) is 18.1 Å². The van der Waals surface area contributed by atoms with E-state index in [1.165, 1.54) is 0 Å². The van der Waals surface area contributed by atoms with E-state index in [4.69, 9.17) is 9.47 Å². The van der Waals surface area contributed by atoms with Crippen molar-refractivity contribution in [2.24, 2.45) is 0 Å². The van der Waals surface area contributed by atoms with Crippen molar-refractivity contribution < 1.29 is 23.9 Å². The normalized spacial score (nSPS) is 12.1. The summed E-state index contributed by atoms with van der Waals surface area (Å²) < 4.78 is 10.5. The number of hydrogen-bond acceptors (Lipinski definition) is 5. The van der Waals surface area contributed by atoms with Crippen molar-refractivity contribution in [1.82, 2.24) is 5.32 Å². The topological polar surface area (TPSA) is 93.7 Å². The highest BCUT2D eigenvalue weighted by Gasteiger charge is 2.19. The van der Waals surface area contributed by atoms with Gasteiger partial charge in [0.05, 0.1) is 12.1 Å². The zero-order chi connectivity index (χ0) is 20.6. The van der Waals surface area contributed by atoms with Gasteiger partial charge in [0, 0.05) is 11.3 Å². The maximum Gasteiger partial charge on any atom is 0.338 e. The number of rotatable bonds is 7. The highest BCUT2D eigenvalue weighted by atomic mass is 16.5. The van der Waals surface area contributed by atoms with Gasteiger partial charge in [-0.15, -0.1) is 0 Å². The van der Waals surface area contributed by atoms with Gasteiger partial charge in [-0.05, 0) is 30.2 Å². The molecule has 0 aliphatic carbocycles. The smallest absolute Gasteiger partial charge is 0.338 e. The summed E-state index contributed by atoms with van der Waals surface area (Å²) in [6.45, 7) is 1.38. The Morgan fingerprint density at radius 1 is 1.03 bits per heavy atom. The van der Waals surface area contributed by atoms with Gasteiger partial charge in [-0.25, -0.2) is 4.79 Å². The number of esters is 1. The molecule has 0 aromatic heterocycles. The van der Waals surface area contributed by atoms with Crippen LogP contribution in [0.5, 0.6) is 5.75 Å². The first-order valence-electron chi connectivity index (χ1n) is 9.30. The van der Waals surface area contributed by atoms with Crippen LogP contribution < -0.4 is 15.4 Å². The van der Waals surface area contributed by atoms with Crippen molar-refractivity contribution in [1.29, 1.82) is 0 Å². The number of nitrogens with one attached hydrogen (secondary N) is 2. The number of aryl methyl sites for hydroxylation is 1. The minimum absolute atomic E-state index is 0.0801. The zero-order valence-electron chi connectivity index (χ0n) is 16.1. The van der Waals surface area contributed by atoms with Crippen LogP contribution in [0.25, 0.3) is 6.08 Å². The van der Waals surface area contributed by atoms with Gasteiger partial charge in [0.15, 0.2) is 6.61 Å². The minimum Gasteiger partial charge on any atom is -0.488 e. The molecule has 150 valence electrons. The molecular weight excluding hydrogens is 372 g/mol. The van der Waals surface area contributed by atoms with E-state index in [0.717, 1.165) is 17.5 Å².